The van der Waals surface area contributed by atoms with Gasteiger partial charge in [-0.05, 0) is 66.4 Å². The van der Waals surface area contributed by atoms with Crippen molar-refractivity contribution in [1.82, 2.24) is 34.5 Å². The highest BCUT2D eigenvalue weighted by Crippen LogP contribution is 2.47. The number of nitrogens with zero attached hydrogens (tertiary/aromatic N) is 6. The van der Waals surface area contributed by atoms with Crippen LogP contribution in [0, 0.1) is 0 Å². The third-order valence-corrected chi connectivity index (χ3v) is 11.1. The van der Waals surface area contributed by atoms with Gasteiger partial charge in [-0.25, -0.2) is 18.1 Å². The summed E-state index contributed by atoms with van der Waals surface area (Å²) in [7, 11) is -4.03. The number of anilines is 1. The minimum absolute atomic E-state index is 0.0102. The molecule has 0 aromatic carbocycles. The van der Waals surface area contributed by atoms with E-state index in [1.807, 2.05) is 39.5 Å². The number of carbonyl (C=O) groups excluding carboxylic acids is 1. The van der Waals surface area contributed by atoms with E-state index in [-0.39, 0.29) is 28.3 Å². The van der Waals surface area contributed by atoms with Crippen molar-refractivity contribution in [3.05, 3.63) is 23.0 Å². The lowest BCUT2D eigenvalue weighted by atomic mass is 9.97. The first-order chi connectivity index (χ1) is 20.5. The summed E-state index contributed by atoms with van der Waals surface area (Å²) in [4.78, 5) is 22.1. The highest BCUT2D eigenvalue weighted by atomic mass is 32.2. The molecule has 240 valence electrons. The zero-order chi connectivity index (χ0) is 31.8. The molecule has 2 N–H and O–H groups in total. The van der Waals surface area contributed by atoms with Crippen LogP contribution in [0.25, 0.3) is 16.3 Å². The summed E-state index contributed by atoms with van der Waals surface area (Å²) in [6, 6.07) is 0.996. The molecule has 1 atom stereocenters. The van der Waals surface area contributed by atoms with Gasteiger partial charge in [0.1, 0.15) is 16.6 Å². The van der Waals surface area contributed by atoms with Gasteiger partial charge in [-0.15, -0.1) is 10.2 Å². The number of carbonyl (C=O) groups is 1. The summed E-state index contributed by atoms with van der Waals surface area (Å²) in [5, 5.41) is 9.68. The maximum absolute atomic E-state index is 13.8. The Morgan fingerprint density at radius 2 is 1.86 bits per heavy atom. The van der Waals surface area contributed by atoms with E-state index in [4.69, 9.17) is 4.98 Å². The molecule has 6 rings (SSSR count). The number of alkyl halides is 3. The molecule has 44 heavy (non-hydrogen) atoms. The number of hydrogen-bond donors (Lipinski definition) is 2. The number of hydrogen-bond acceptors (Lipinski definition) is 9. The molecule has 3 fully saturated rings. The molecule has 16 heteroatoms. The predicted octanol–water partition coefficient (Wildman–Crippen LogP) is 4.01. The van der Waals surface area contributed by atoms with Crippen LogP contribution in [0.1, 0.15) is 76.9 Å². The molecule has 3 aliphatic rings. The van der Waals surface area contributed by atoms with Gasteiger partial charge in [0.25, 0.3) is 0 Å². The molecule has 1 aliphatic heterocycles. The van der Waals surface area contributed by atoms with E-state index in [9.17, 15) is 26.4 Å². The average molecular weight is 655 g/mol. The number of fused-ring (bicyclic) bond motifs is 1. The summed E-state index contributed by atoms with van der Waals surface area (Å²) < 4.78 is 72.5. The molecule has 11 nitrogen and oxygen atoms in total. The molecule has 1 amide bonds. The van der Waals surface area contributed by atoms with E-state index in [1.54, 1.807) is 15.4 Å². The molecule has 0 unspecified atom stereocenters. The van der Waals surface area contributed by atoms with Gasteiger partial charge in [-0.1, -0.05) is 11.3 Å². The van der Waals surface area contributed by atoms with Gasteiger partial charge in [0.15, 0.2) is 10.7 Å². The standard InChI is InChI=1S/C28H37F3N8O3S2/c1-6-37(7-2)24(40)18-14-38(15-26(3,4)33-18)19-12-17(44(41,42)36-27(5)10-11-27)13-39-21(20(16-8-9-16)32-22(19)39)23-34-35-25(43-23)28(29,30)31/h12-13,16,18,33,36H,6-11,14-15H2,1-5H3/t18-/m0/s1. The van der Waals surface area contributed by atoms with Gasteiger partial charge in [-0.2, -0.15) is 13.2 Å². The lowest BCUT2D eigenvalue weighted by Crippen LogP contribution is -2.66. The van der Waals surface area contributed by atoms with E-state index < -0.39 is 38.3 Å². The minimum atomic E-state index is -4.67. The van der Waals surface area contributed by atoms with Crippen LogP contribution in [0.5, 0.6) is 0 Å². The maximum Gasteiger partial charge on any atom is 0.445 e. The second kappa shape index (κ2) is 10.6. The van der Waals surface area contributed by atoms with Crippen molar-refractivity contribution in [2.24, 2.45) is 0 Å². The number of amides is 1. The van der Waals surface area contributed by atoms with Gasteiger partial charge in [0.2, 0.25) is 20.9 Å². The Morgan fingerprint density at radius 1 is 1.18 bits per heavy atom. The third-order valence-electron chi connectivity index (χ3n) is 8.50. The number of imidazole rings is 1. The van der Waals surface area contributed by atoms with Crippen molar-refractivity contribution in [2.75, 3.05) is 31.1 Å². The molecule has 1 saturated heterocycles. The number of sulfonamides is 1. The quantitative estimate of drug-likeness (QED) is 0.355. The molecule has 0 radical (unpaired) electrons. The Morgan fingerprint density at radius 3 is 2.43 bits per heavy atom. The first kappa shape index (κ1) is 31.2. The van der Waals surface area contributed by atoms with Gasteiger partial charge in [-0.3, -0.25) is 14.5 Å². The van der Waals surface area contributed by atoms with Crippen LogP contribution in [0.2, 0.25) is 0 Å². The Hall–Kier alpha value is -2.82. The SMILES string of the molecule is CCN(CC)C(=O)[C@@H]1CN(c2cc(S(=O)(=O)NC3(C)CC3)cn3c(-c4nnc(C(F)(F)F)s4)c(C4CC4)nc23)CC(C)(C)N1. The molecule has 0 spiro atoms. The third kappa shape index (κ3) is 5.93. The zero-order valence-electron chi connectivity index (χ0n) is 25.3. The van der Waals surface area contributed by atoms with Crippen molar-refractivity contribution < 1.29 is 26.4 Å². The van der Waals surface area contributed by atoms with Crippen LogP contribution in [-0.4, -0.2) is 82.1 Å². The monoisotopic (exact) mass is 654 g/mol. The van der Waals surface area contributed by atoms with E-state index in [2.05, 4.69) is 20.2 Å². The maximum atomic E-state index is 13.8. The Kier molecular flexibility index (Phi) is 7.53. The number of likely N-dealkylation sites (N-methyl/N-ethyl adjacent to an activating group) is 1. The molecular formula is C28H37F3N8O3S2. The molecule has 3 aromatic heterocycles. The van der Waals surface area contributed by atoms with Crippen LogP contribution < -0.4 is 14.9 Å². The van der Waals surface area contributed by atoms with Crippen LogP contribution >= 0.6 is 11.3 Å². The summed E-state index contributed by atoms with van der Waals surface area (Å²) in [5.41, 5.74) is 0.676. The second-order valence-corrected chi connectivity index (χ2v) is 15.6. The number of halogens is 3. The van der Waals surface area contributed by atoms with Crippen molar-refractivity contribution >= 4 is 38.6 Å². The topological polar surface area (TPSA) is 125 Å². The van der Waals surface area contributed by atoms with Crippen LogP contribution in [0.15, 0.2) is 17.2 Å². The largest absolute Gasteiger partial charge is 0.445 e. The number of piperazine rings is 1. The van der Waals surface area contributed by atoms with Gasteiger partial charge in [0, 0.05) is 49.4 Å². The Labute approximate surface area is 258 Å². The van der Waals surface area contributed by atoms with Crippen LogP contribution in [0.4, 0.5) is 18.9 Å². The fourth-order valence-electron chi connectivity index (χ4n) is 5.86. The van der Waals surface area contributed by atoms with E-state index in [0.717, 1.165) is 12.8 Å². The van der Waals surface area contributed by atoms with Gasteiger partial charge >= 0.3 is 6.18 Å². The van der Waals surface area contributed by atoms with Gasteiger partial charge < -0.3 is 9.80 Å². The Balaban J connectivity index is 1.55. The summed E-state index contributed by atoms with van der Waals surface area (Å²) >= 11 is 0.412. The predicted molar refractivity (Wildman–Crippen MR) is 160 cm³/mol. The lowest BCUT2D eigenvalue weighted by Gasteiger charge is -2.45. The number of aromatic nitrogens is 4. The van der Waals surface area contributed by atoms with Crippen molar-refractivity contribution in [1.29, 1.82) is 0 Å². The number of rotatable bonds is 9. The number of nitrogens with one attached hydrogen (secondary N) is 2. The van der Waals surface area contributed by atoms with E-state index >= 15 is 0 Å². The normalized spacial score (nSPS) is 21.5. The first-order valence-corrected chi connectivity index (χ1v) is 17.2. The van der Waals surface area contributed by atoms with Crippen LogP contribution in [0.3, 0.4) is 0 Å². The molecule has 4 heterocycles. The highest BCUT2D eigenvalue weighted by Gasteiger charge is 2.43. The lowest BCUT2D eigenvalue weighted by molar-refractivity contribution is -0.138. The second-order valence-electron chi connectivity index (χ2n) is 12.9. The average Bonchev–Trinajstić information content (AvgIpc) is 3.81. The molecule has 0 bridgehead atoms. The summed E-state index contributed by atoms with van der Waals surface area (Å²) in [6.07, 6.45) is -0.224. The molecular weight excluding hydrogens is 617 g/mol. The zero-order valence-corrected chi connectivity index (χ0v) is 27.0. The molecule has 3 aromatic rings. The Bertz CT molecular complexity index is 1710. The van der Waals surface area contributed by atoms with Gasteiger partial charge in [0.05, 0.1) is 11.4 Å². The van der Waals surface area contributed by atoms with Crippen LogP contribution in [-0.2, 0) is 21.0 Å². The molecule has 2 aliphatic carbocycles. The molecule has 2 saturated carbocycles. The summed E-state index contributed by atoms with van der Waals surface area (Å²) in [5.74, 6) is -0.0527. The van der Waals surface area contributed by atoms with E-state index in [1.165, 1.54) is 6.20 Å². The van der Waals surface area contributed by atoms with E-state index in [0.29, 0.717) is 66.5 Å². The smallest absolute Gasteiger partial charge is 0.365 e. The minimum Gasteiger partial charge on any atom is -0.365 e. The summed E-state index contributed by atoms with van der Waals surface area (Å²) in [6.45, 7) is 11.4. The van der Waals surface area contributed by atoms with Crippen molar-refractivity contribution in [2.45, 2.75) is 94.4 Å². The van der Waals surface area contributed by atoms with Crippen molar-refractivity contribution in [3.8, 4) is 10.7 Å². The highest BCUT2D eigenvalue weighted by molar-refractivity contribution is 7.89. The fourth-order valence-corrected chi connectivity index (χ4v) is 8.11. The van der Waals surface area contributed by atoms with Crippen molar-refractivity contribution in [3.63, 3.8) is 0 Å². The number of pyridine rings is 1. The first-order valence-electron chi connectivity index (χ1n) is 14.9. The fraction of sp³-hybridized carbons (Fsp3) is 0.643.